The summed E-state index contributed by atoms with van der Waals surface area (Å²) in [5.74, 6) is 0.900. The first-order valence-corrected chi connectivity index (χ1v) is 10.9. The highest BCUT2D eigenvalue weighted by atomic mass is 32.2. The van der Waals surface area contributed by atoms with Gasteiger partial charge in [-0.25, -0.2) is 0 Å². The van der Waals surface area contributed by atoms with E-state index < -0.39 is 10.1 Å². The van der Waals surface area contributed by atoms with Crippen LogP contribution in [0.3, 0.4) is 0 Å². The summed E-state index contributed by atoms with van der Waals surface area (Å²) in [6.07, 6.45) is 8.60. The van der Waals surface area contributed by atoms with Crippen LogP contribution in [0.1, 0.15) is 57.4 Å². The summed E-state index contributed by atoms with van der Waals surface area (Å²) in [6.45, 7) is 2.19. The molecule has 6 heteroatoms. The molecule has 0 atom stereocenters. The Labute approximate surface area is 161 Å². The minimum absolute atomic E-state index is 0.107. The largest absolute Gasteiger partial charge is 0.508 e. The number of benzene rings is 2. The van der Waals surface area contributed by atoms with E-state index in [1.165, 1.54) is 43.9 Å². The molecule has 0 unspecified atom stereocenters. The average Bonchev–Trinajstić information content (AvgIpc) is 2.63. The van der Waals surface area contributed by atoms with Gasteiger partial charge in [-0.15, -0.1) is 0 Å². The molecule has 2 rings (SSSR count). The Hall–Kier alpha value is -2.05. The number of ether oxygens (including phenoxy) is 1. The molecule has 0 aliphatic rings. The normalized spacial score (nSPS) is 11.5. The second-order valence-electron chi connectivity index (χ2n) is 6.71. The lowest BCUT2D eigenvalue weighted by Gasteiger charge is -2.11. The van der Waals surface area contributed by atoms with Crippen LogP contribution >= 0.6 is 0 Å². The van der Waals surface area contributed by atoms with Gasteiger partial charge in [-0.2, -0.15) is 8.42 Å². The van der Waals surface area contributed by atoms with Gasteiger partial charge in [0, 0.05) is 6.07 Å². The summed E-state index contributed by atoms with van der Waals surface area (Å²) in [5.41, 5.74) is 0.601. The van der Waals surface area contributed by atoms with Gasteiger partial charge in [0.2, 0.25) is 0 Å². The molecule has 0 saturated carbocycles. The minimum atomic E-state index is -4.33. The van der Waals surface area contributed by atoms with Gasteiger partial charge < -0.3 is 9.84 Å². The van der Waals surface area contributed by atoms with E-state index in [-0.39, 0.29) is 10.6 Å². The fourth-order valence-corrected chi connectivity index (χ4v) is 3.73. The SMILES string of the molecule is CCCCCCCCCc1ccc(Oc2ccc(O)cc2)cc1S(=O)(=O)O. The van der Waals surface area contributed by atoms with Gasteiger partial charge in [-0.1, -0.05) is 51.5 Å². The third-order valence-electron chi connectivity index (χ3n) is 4.44. The Morgan fingerprint density at radius 1 is 0.852 bits per heavy atom. The highest BCUT2D eigenvalue weighted by Crippen LogP contribution is 2.28. The average molecular weight is 393 g/mol. The second-order valence-corrected chi connectivity index (χ2v) is 8.10. The van der Waals surface area contributed by atoms with Crippen molar-refractivity contribution < 1.29 is 22.8 Å². The predicted octanol–water partition coefficient (Wildman–Crippen LogP) is 5.72. The zero-order chi connectivity index (χ0) is 19.7. The van der Waals surface area contributed by atoms with Gasteiger partial charge >= 0.3 is 0 Å². The molecule has 148 valence electrons. The van der Waals surface area contributed by atoms with Gasteiger partial charge in [0.1, 0.15) is 22.1 Å². The van der Waals surface area contributed by atoms with E-state index in [1.807, 2.05) is 0 Å². The lowest BCUT2D eigenvalue weighted by molar-refractivity contribution is 0.461. The molecule has 0 aliphatic heterocycles. The first-order valence-electron chi connectivity index (χ1n) is 9.47. The van der Waals surface area contributed by atoms with Crippen molar-refractivity contribution in [2.75, 3.05) is 0 Å². The molecule has 0 heterocycles. The van der Waals surface area contributed by atoms with Crippen molar-refractivity contribution in [2.45, 2.75) is 63.2 Å². The van der Waals surface area contributed by atoms with Crippen LogP contribution in [-0.2, 0) is 16.5 Å². The molecule has 0 spiro atoms. The number of phenols is 1. The highest BCUT2D eigenvalue weighted by molar-refractivity contribution is 7.85. The van der Waals surface area contributed by atoms with Crippen molar-refractivity contribution in [1.82, 2.24) is 0 Å². The summed E-state index contributed by atoms with van der Waals surface area (Å²) in [7, 11) is -4.33. The molecule has 0 fully saturated rings. The number of unbranched alkanes of at least 4 members (excludes halogenated alkanes) is 6. The molecule has 27 heavy (non-hydrogen) atoms. The van der Waals surface area contributed by atoms with Crippen molar-refractivity contribution in [3.05, 3.63) is 48.0 Å². The number of aromatic hydroxyl groups is 1. The molecule has 5 nitrogen and oxygen atoms in total. The van der Waals surface area contributed by atoms with E-state index in [0.29, 0.717) is 23.5 Å². The van der Waals surface area contributed by atoms with Crippen molar-refractivity contribution in [3.63, 3.8) is 0 Å². The van der Waals surface area contributed by atoms with E-state index in [0.717, 1.165) is 19.3 Å². The molecule has 0 radical (unpaired) electrons. The Morgan fingerprint density at radius 3 is 2.07 bits per heavy atom. The third kappa shape index (κ3) is 7.23. The van der Waals surface area contributed by atoms with Crippen molar-refractivity contribution in [1.29, 1.82) is 0 Å². The van der Waals surface area contributed by atoms with Crippen molar-refractivity contribution in [3.8, 4) is 17.2 Å². The number of rotatable bonds is 11. The summed E-state index contributed by atoms with van der Waals surface area (Å²) in [5, 5.41) is 9.31. The van der Waals surface area contributed by atoms with E-state index in [1.54, 1.807) is 24.3 Å². The fourth-order valence-electron chi connectivity index (χ4n) is 2.97. The van der Waals surface area contributed by atoms with Crippen LogP contribution in [0.2, 0.25) is 0 Å². The topological polar surface area (TPSA) is 83.8 Å². The van der Waals surface area contributed by atoms with Crippen LogP contribution in [-0.4, -0.2) is 18.1 Å². The molecule has 2 aromatic rings. The number of hydrogen-bond acceptors (Lipinski definition) is 4. The smallest absolute Gasteiger partial charge is 0.294 e. The molecular weight excluding hydrogens is 364 g/mol. The molecule has 0 aromatic heterocycles. The van der Waals surface area contributed by atoms with Crippen molar-refractivity contribution in [2.24, 2.45) is 0 Å². The van der Waals surface area contributed by atoms with Crippen LogP contribution in [0.4, 0.5) is 0 Å². The summed E-state index contributed by atoms with van der Waals surface area (Å²) in [4.78, 5) is -0.107. The van der Waals surface area contributed by atoms with Crippen molar-refractivity contribution >= 4 is 10.1 Å². The Kier molecular flexibility index (Phi) is 8.13. The second kappa shape index (κ2) is 10.3. The first-order chi connectivity index (χ1) is 12.9. The number of aryl methyl sites for hydroxylation is 1. The van der Waals surface area contributed by atoms with Crippen LogP contribution in [0, 0.1) is 0 Å². The standard InChI is InChI=1S/C21H28O5S/c1-2-3-4-5-6-7-8-9-17-10-13-20(16-21(17)27(23,24)25)26-19-14-11-18(22)12-15-19/h10-16,22H,2-9H2,1H3,(H,23,24,25). The van der Waals surface area contributed by atoms with Crippen LogP contribution in [0.5, 0.6) is 17.2 Å². The Morgan fingerprint density at radius 2 is 1.44 bits per heavy atom. The zero-order valence-electron chi connectivity index (χ0n) is 15.7. The Bertz CT molecular complexity index is 813. The summed E-state index contributed by atoms with van der Waals surface area (Å²) >= 11 is 0. The third-order valence-corrected chi connectivity index (χ3v) is 5.37. The monoisotopic (exact) mass is 392 g/mol. The van der Waals surface area contributed by atoms with Gasteiger partial charge in [-0.3, -0.25) is 4.55 Å². The van der Waals surface area contributed by atoms with E-state index in [9.17, 15) is 18.1 Å². The molecular formula is C21H28O5S. The molecule has 0 saturated heterocycles. The minimum Gasteiger partial charge on any atom is -0.508 e. The molecule has 0 bridgehead atoms. The molecule has 0 amide bonds. The zero-order valence-corrected chi connectivity index (χ0v) is 16.5. The van der Waals surface area contributed by atoms with Gasteiger partial charge in [0.15, 0.2) is 0 Å². The van der Waals surface area contributed by atoms with Crippen LogP contribution in [0.15, 0.2) is 47.4 Å². The number of hydrogen-bond donors (Lipinski definition) is 2. The molecule has 2 aromatic carbocycles. The van der Waals surface area contributed by atoms with Crippen LogP contribution < -0.4 is 4.74 Å². The molecule has 0 aliphatic carbocycles. The lowest BCUT2D eigenvalue weighted by atomic mass is 10.0. The van der Waals surface area contributed by atoms with Gasteiger partial charge in [0.05, 0.1) is 0 Å². The first kappa shape index (κ1) is 21.3. The van der Waals surface area contributed by atoms with Gasteiger partial charge in [-0.05, 0) is 48.7 Å². The predicted molar refractivity (Wildman–Crippen MR) is 106 cm³/mol. The van der Waals surface area contributed by atoms with E-state index in [2.05, 4.69) is 6.92 Å². The fraction of sp³-hybridized carbons (Fsp3) is 0.429. The maximum Gasteiger partial charge on any atom is 0.294 e. The molecule has 2 N–H and O–H groups in total. The Balaban J connectivity index is 2.01. The van der Waals surface area contributed by atoms with E-state index in [4.69, 9.17) is 4.74 Å². The quantitative estimate of drug-likeness (QED) is 0.377. The van der Waals surface area contributed by atoms with E-state index >= 15 is 0 Å². The van der Waals surface area contributed by atoms with Crippen LogP contribution in [0.25, 0.3) is 0 Å². The highest BCUT2D eigenvalue weighted by Gasteiger charge is 2.17. The summed E-state index contributed by atoms with van der Waals surface area (Å²) < 4.78 is 38.8. The van der Waals surface area contributed by atoms with Gasteiger partial charge in [0.25, 0.3) is 10.1 Å². The maximum atomic E-state index is 11.8. The summed E-state index contributed by atoms with van der Waals surface area (Å²) in [6, 6.07) is 10.8. The maximum absolute atomic E-state index is 11.8. The number of phenolic OH excluding ortho intramolecular Hbond substituents is 1. The lowest BCUT2D eigenvalue weighted by Crippen LogP contribution is -2.04.